The van der Waals surface area contributed by atoms with Gasteiger partial charge in [-0.15, -0.1) is 0 Å². The first-order valence-electron chi connectivity index (χ1n) is 9.64. The normalized spacial score (nSPS) is 11.9. The molecule has 3 rings (SSSR count). The lowest BCUT2D eigenvalue weighted by Gasteiger charge is -2.25. The number of rotatable bonds is 7. The van der Waals surface area contributed by atoms with E-state index in [1.807, 2.05) is 49.3 Å². The molecule has 160 valence electrons. The fraction of sp³-hybridized carbons (Fsp3) is 0.227. The van der Waals surface area contributed by atoms with E-state index in [9.17, 15) is 19.7 Å². The molecule has 1 amide bonds. The lowest BCUT2D eigenvalue weighted by Crippen LogP contribution is -2.37. The van der Waals surface area contributed by atoms with Gasteiger partial charge in [-0.05, 0) is 32.6 Å². The average molecular weight is 421 g/mol. The van der Waals surface area contributed by atoms with Gasteiger partial charge >= 0.3 is 0 Å². The van der Waals surface area contributed by atoms with Crippen LogP contribution in [0, 0.1) is 17.0 Å². The van der Waals surface area contributed by atoms with Crippen LogP contribution in [-0.2, 0) is 0 Å². The van der Waals surface area contributed by atoms with E-state index in [2.05, 4.69) is 10.4 Å². The summed E-state index contributed by atoms with van der Waals surface area (Å²) in [4.78, 5) is 38.1. The topological polar surface area (TPSA) is 110 Å². The van der Waals surface area contributed by atoms with Gasteiger partial charge in [-0.3, -0.25) is 19.7 Å². The molecule has 1 atom stereocenters. The first-order valence-corrected chi connectivity index (χ1v) is 9.64. The van der Waals surface area contributed by atoms with Gasteiger partial charge in [-0.2, -0.15) is 5.10 Å². The number of hydrogen-bond donors (Lipinski definition) is 1. The van der Waals surface area contributed by atoms with Crippen molar-refractivity contribution in [3.05, 3.63) is 98.0 Å². The van der Waals surface area contributed by atoms with Crippen molar-refractivity contribution in [2.75, 3.05) is 20.6 Å². The molecule has 0 aliphatic heterocycles. The zero-order chi connectivity index (χ0) is 22.5. The molecule has 1 unspecified atom stereocenters. The number of aryl methyl sites for hydroxylation is 1. The number of hydrogen-bond acceptors (Lipinski definition) is 6. The maximum absolute atomic E-state index is 12.8. The van der Waals surface area contributed by atoms with E-state index in [1.54, 1.807) is 13.0 Å². The average Bonchev–Trinajstić information content (AvgIpc) is 2.74. The van der Waals surface area contributed by atoms with Gasteiger partial charge in [0.2, 0.25) is 5.43 Å². The Morgan fingerprint density at radius 3 is 2.45 bits per heavy atom. The van der Waals surface area contributed by atoms with Crippen LogP contribution in [0.15, 0.2) is 65.5 Å². The van der Waals surface area contributed by atoms with E-state index < -0.39 is 16.3 Å². The zero-order valence-corrected chi connectivity index (χ0v) is 17.5. The van der Waals surface area contributed by atoms with Crippen molar-refractivity contribution in [1.29, 1.82) is 0 Å². The zero-order valence-electron chi connectivity index (χ0n) is 17.5. The van der Waals surface area contributed by atoms with Gasteiger partial charge in [-0.25, -0.2) is 4.68 Å². The quantitative estimate of drug-likeness (QED) is 0.464. The van der Waals surface area contributed by atoms with Crippen molar-refractivity contribution < 1.29 is 9.72 Å². The van der Waals surface area contributed by atoms with Crippen molar-refractivity contribution in [3.8, 4) is 5.69 Å². The molecule has 0 bridgehead atoms. The Balaban J connectivity index is 1.91. The van der Waals surface area contributed by atoms with Crippen LogP contribution in [-0.4, -0.2) is 46.2 Å². The maximum Gasteiger partial charge on any atom is 0.294 e. The van der Waals surface area contributed by atoms with Crippen molar-refractivity contribution in [2.24, 2.45) is 0 Å². The summed E-state index contributed by atoms with van der Waals surface area (Å²) in [6.45, 7) is 1.86. The van der Waals surface area contributed by atoms with Crippen LogP contribution in [0.5, 0.6) is 0 Å². The number of nitrogens with one attached hydrogen (secondary N) is 1. The Bertz CT molecular complexity index is 1160. The van der Waals surface area contributed by atoms with Crippen LogP contribution in [0.2, 0.25) is 0 Å². The van der Waals surface area contributed by atoms with E-state index in [0.29, 0.717) is 5.69 Å². The molecular weight excluding hydrogens is 398 g/mol. The Morgan fingerprint density at radius 2 is 1.81 bits per heavy atom. The summed E-state index contributed by atoms with van der Waals surface area (Å²) in [7, 11) is 3.80. The number of nitro groups is 1. The summed E-state index contributed by atoms with van der Waals surface area (Å²) >= 11 is 0. The largest absolute Gasteiger partial charge is 0.349 e. The molecule has 0 saturated heterocycles. The lowest BCUT2D eigenvalue weighted by molar-refractivity contribution is -0.384. The van der Waals surface area contributed by atoms with Gasteiger partial charge in [0.25, 0.3) is 11.6 Å². The third-order valence-electron chi connectivity index (χ3n) is 4.89. The first-order chi connectivity index (χ1) is 14.8. The number of likely N-dealkylation sites (N-methyl/N-ethyl adjacent to an activating group) is 1. The minimum atomic E-state index is -0.639. The van der Waals surface area contributed by atoms with E-state index in [-0.39, 0.29) is 29.7 Å². The molecule has 0 aliphatic carbocycles. The van der Waals surface area contributed by atoms with Crippen molar-refractivity contribution in [3.63, 3.8) is 0 Å². The smallest absolute Gasteiger partial charge is 0.294 e. The number of amides is 1. The van der Waals surface area contributed by atoms with Gasteiger partial charge < -0.3 is 10.2 Å². The summed E-state index contributed by atoms with van der Waals surface area (Å²) in [5.74, 6) is -0.639. The number of carbonyl (C=O) groups excluding carboxylic acids is 1. The Labute approximate surface area is 179 Å². The van der Waals surface area contributed by atoms with E-state index >= 15 is 0 Å². The fourth-order valence-electron chi connectivity index (χ4n) is 3.29. The summed E-state index contributed by atoms with van der Waals surface area (Å²) in [6, 6.07) is 16.8. The lowest BCUT2D eigenvalue weighted by atomic mass is 10.1. The van der Waals surface area contributed by atoms with Crippen molar-refractivity contribution in [1.82, 2.24) is 20.0 Å². The molecule has 0 aliphatic rings. The monoisotopic (exact) mass is 421 g/mol. The Morgan fingerprint density at radius 1 is 1.16 bits per heavy atom. The maximum atomic E-state index is 12.8. The fourth-order valence-corrected chi connectivity index (χ4v) is 3.29. The molecule has 9 nitrogen and oxygen atoms in total. The molecule has 1 aromatic heterocycles. The second-order valence-corrected chi connectivity index (χ2v) is 7.26. The number of para-hydroxylation sites is 2. The molecular formula is C22H23N5O4. The van der Waals surface area contributed by atoms with E-state index in [1.165, 1.54) is 28.9 Å². The molecule has 31 heavy (non-hydrogen) atoms. The second kappa shape index (κ2) is 9.31. The minimum Gasteiger partial charge on any atom is -0.349 e. The molecule has 1 N–H and O–H groups in total. The Kier molecular flexibility index (Phi) is 6.56. The van der Waals surface area contributed by atoms with Crippen LogP contribution < -0.4 is 10.7 Å². The van der Waals surface area contributed by atoms with Crippen molar-refractivity contribution in [2.45, 2.75) is 13.0 Å². The molecule has 1 heterocycles. The highest BCUT2D eigenvalue weighted by Gasteiger charge is 2.21. The van der Waals surface area contributed by atoms with Crippen LogP contribution in [0.3, 0.4) is 0 Å². The van der Waals surface area contributed by atoms with Crippen LogP contribution in [0.25, 0.3) is 5.69 Å². The predicted octanol–water partition coefficient (Wildman–Crippen LogP) is 2.48. The number of nitrogens with zero attached hydrogens (tertiary/aromatic N) is 4. The number of aromatic nitrogens is 2. The first kappa shape index (κ1) is 21.8. The number of carbonyl (C=O) groups is 1. The molecule has 9 heteroatoms. The van der Waals surface area contributed by atoms with Crippen molar-refractivity contribution >= 4 is 11.6 Å². The van der Waals surface area contributed by atoms with Crippen LogP contribution in [0.4, 0.5) is 5.69 Å². The molecule has 0 radical (unpaired) electrons. The Hall–Kier alpha value is -3.85. The molecule has 2 aromatic carbocycles. The van der Waals surface area contributed by atoms with E-state index in [0.717, 1.165) is 5.56 Å². The summed E-state index contributed by atoms with van der Waals surface area (Å²) in [6.07, 6.45) is 0. The molecule has 3 aromatic rings. The molecule has 0 fully saturated rings. The van der Waals surface area contributed by atoms with Gasteiger partial charge in [0.15, 0.2) is 5.69 Å². The van der Waals surface area contributed by atoms with Gasteiger partial charge in [0.1, 0.15) is 5.69 Å². The SMILES string of the molecule is Cc1cc(=O)c(C(=O)NCC(c2ccccc2)N(C)C)nn1-c1ccccc1[N+](=O)[O-]. The predicted molar refractivity (Wildman–Crippen MR) is 116 cm³/mol. The highest BCUT2D eigenvalue weighted by molar-refractivity contribution is 5.92. The molecule has 0 saturated carbocycles. The third kappa shape index (κ3) is 4.84. The third-order valence-corrected chi connectivity index (χ3v) is 4.89. The minimum absolute atomic E-state index is 0.104. The van der Waals surface area contributed by atoms with Crippen LogP contribution >= 0.6 is 0 Å². The van der Waals surface area contributed by atoms with Gasteiger partial charge in [-0.1, -0.05) is 42.5 Å². The highest BCUT2D eigenvalue weighted by atomic mass is 16.6. The summed E-state index contributed by atoms with van der Waals surface area (Å²) < 4.78 is 1.25. The summed E-state index contributed by atoms with van der Waals surface area (Å²) in [5, 5.41) is 18.3. The number of benzene rings is 2. The summed E-state index contributed by atoms with van der Waals surface area (Å²) in [5.41, 5.74) is 0.521. The van der Waals surface area contributed by atoms with E-state index in [4.69, 9.17) is 0 Å². The standard InChI is InChI=1S/C22H23N5O4/c1-15-13-20(28)21(24-26(15)17-11-7-8-12-18(17)27(30)31)22(29)23-14-19(25(2)3)16-9-5-4-6-10-16/h4-13,19H,14H2,1-3H3,(H,23,29). The van der Waals surface area contributed by atoms with Gasteiger partial charge in [0, 0.05) is 24.4 Å². The highest BCUT2D eigenvalue weighted by Crippen LogP contribution is 2.22. The van der Waals surface area contributed by atoms with Gasteiger partial charge in [0.05, 0.1) is 11.0 Å². The van der Waals surface area contributed by atoms with Crippen LogP contribution in [0.1, 0.15) is 27.8 Å². The molecule has 0 spiro atoms. The second-order valence-electron chi connectivity index (χ2n) is 7.26. The number of nitro benzene ring substituents is 1.